The summed E-state index contributed by atoms with van der Waals surface area (Å²) in [5.74, 6) is 0.112. The molecule has 27 heavy (non-hydrogen) atoms. The number of hydrogen-bond donors (Lipinski definition) is 2. The first-order chi connectivity index (χ1) is 12.4. The van der Waals surface area contributed by atoms with E-state index >= 15 is 0 Å². The van der Waals surface area contributed by atoms with E-state index in [2.05, 4.69) is 37.1 Å². The number of amides is 1. The van der Waals surface area contributed by atoms with E-state index in [-0.39, 0.29) is 22.4 Å². The number of anilines is 1. The fraction of sp³-hybridized carbons (Fsp3) is 0.476. The number of nitrogens with one attached hydrogen (secondary N) is 1. The average molecular weight is 370 g/mol. The normalized spacial score (nSPS) is 13.1. The van der Waals surface area contributed by atoms with Gasteiger partial charge in [0.25, 0.3) is 5.91 Å². The van der Waals surface area contributed by atoms with Gasteiger partial charge in [-0.1, -0.05) is 20.8 Å². The lowest BCUT2D eigenvalue weighted by Gasteiger charge is -2.19. The third-order valence-electron chi connectivity index (χ3n) is 3.32. The Morgan fingerprint density at radius 1 is 1.30 bits per heavy atom. The Kier molecular flexibility index (Phi) is 7.18. The molecule has 1 aromatic carbocycles. The average Bonchev–Trinajstić information content (AvgIpc) is 2.51. The molecule has 1 aromatic rings. The lowest BCUT2D eigenvalue weighted by atomic mass is 9.98. The number of carbonyl (C=O) groups is 1. The van der Waals surface area contributed by atoms with Crippen LogP contribution in [0.3, 0.4) is 0 Å². The van der Waals surface area contributed by atoms with Crippen LogP contribution in [0.1, 0.15) is 54.0 Å². The van der Waals surface area contributed by atoms with Crippen molar-refractivity contribution in [3.05, 3.63) is 35.5 Å². The largest absolute Gasteiger partial charge is 0.492 e. The number of ether oxygens (including phenoxy) is 1. The lowest BCUT2D eigenvalue weighted by molar-refractivity contribution is -0.112. The molecule has 0 saturated carbocycles. The van der Waals surface area contributed by atoms with Crippen LogP contribution in [-0.4, -0.2) is 23.8 Å². The molecule has 0 bridgehead atoms. The van der Waals surface area contributed by atoms with E-state index < -0.39 is 0 Å². The number of nitriles is 1. The van der Waals surface area contributed by atoms with Gasteiger partial charge in [0.05, 0.1) is 23.3 Å². The molecule has 1 amide bonds. The summed E-state index contributed by atoms with van der Waals surface area (Å²) in [5, 5.41) is 12.1. The Bertz CT molecular complexity index is 788. The second-order valence-electron chi connectivity index (χ2n) is 8.57. The number of aliphatic imine (C=N–C) groups is 1. The highest BCUT2D eigenvalue weighted by molar-refractivity contribution is 6.24. The zero-order valence-corrected chi connectivity index (χ0v) is 17.3. The van der Waals surface area contributed by atoms with E-state index in [1.54, 1.807) is 25.1 Å². The highest BCUT2D eigenvalue weighted by Crippen LogP contribution is 2.25. The first-order valence-electron chi connectivity index (χ1n) is 8.83. The molecule has 3 N–H and O–H groups in total. The molecule has 0 aromatic heterocycles. The fourth-order valence-electron chi connectivity index (χ4n) is 2.24. The van der Waals surface area contributed by atoms with Crippen LogP contribution in [0.2, 0.25) is 0 Å². The van der Waals surface area contributed by atoms with Crippen molar-refractivity contribution in [2.24, 2.45) is 16.1 Å². The Morgan fingerprint density at radius 3 is 2.41 bits per heavy atom. The molecular formula is C21H30N4O2. The molecule has 1 rings (SSSR count). The van der Waals surface area contributed by atoms with Gasteiger partial charge in [-0.25, -0.2) is 0 Å². The topological polar surface area (TPSA) is 100 Å². The van der Waals surface area contributed by atoms with Gasteiger partial charge >= 0.3 is 0 Å². The van der Waals surface area contributed by atoms with Crippen molar-refractivity contribution in [3.8, 4) is 11.8 Å². The van der Waals surface area contributed by atoms with E-state index in [1.807, 2.05) is 20.8 Å². The van der Waals surface area contributed by atoms with Crippen LogP contribution in [0.4, 0.5) is 5.69 Å². The van der Waals surface area contributed by atoms with E-state index in [9.17, 15) is 10.1 Å². The fourth-order valence-corrected chi connectivity index (χ4v) is 2.24. The van der Waals surface area contributed by atoms with Crippen molar-refractivity contribution in [2.45, 2.75) is 54.0 Å². The number of hydrogen-bond acceptors (Lipinski definition) is 5. The van der Waals surface area contributed by atoms with Gasteiger partial charge in [-0.3, -0.25) is 9.79 Å². The minimum absolute atomic E-state index is 0.0235. The molecule has 0 aliphatic carbocycles. The smallest absolute Gasteiger partial charge is 0.258 e. The van der Waals surface area contributed by atoms with Gasteiger partial charge in [0.1, 0.15) is 11.8 Å². The van der Waals surface area contributed by atoms with Gasteiger partial charge in [0.15, 0.2) is 0 Å². The molecule has 0 heterocycles. The van der Waals surface area contributed by atoms with Gasteiger partial charge in [-0.05, 0) is 51.3 Å². The van der Waals surface area contributed by atoms with Gasteiger partial charge < -0.3 is 15.8 Å². The summed E-state index contributed by atoms with van der Waals surface area (Å²) in [6.45, 7) is 14.2. The van der Waals surface area contributed by atoms with E-state index in [0.29, 0.717) is 29.3 Å². The van der Waals surface area contributed by atoms with Crippen molar-refractivity contribution in [2.75, 3.05) is 11.9 Å². The van der Waals surface area contributed by atoms with Crippen LogP contribution in [0.25, 0.3) is 0 Å². The third-order valence-corrected chi connectivity index (χ3v) is 3.32. The summed E-state index contributed by atoms with van der Waals surface area (Å²) in [4.78, 5) is 17.0. The van der Waals surface area contributed by atoms with Crippen LogP contribution in [-0.2, 0) is 4.79 Å². The molecule has 6 heteroatoms. The molecule has 0 aliphatic rings. The standard InChI is InChI=1S/C21H30N4O2/c1-14(25-21(5,6)7)17(12-23)19(26)24-16-8-9-18(15(10-16)11-22)27-13-20(2,3)4/h8-10,12H,13,23H2,1-7H3,(H,24,26). The molecule has 0 atom stereocenters. The summed E-state index contributed by atoms with van der Waals surface area (Å²) >= 11 is 0. The quantitative estimate of drug-likeness (QED) is 0.604. The van der Waals surface area contributed by atoms with E-state index in [1.165, 1.54) is 6.20 Å². The van der Waals surface area contributed by atoms with Crippen LogP contribution in [0.5, 0.6) is 5.75 Å². The zero-order valence-electron chi connectivity index (χ0n) is 17.3. The van der Waals surface area contributed by atoms with E-state index in [0.717, 1.165) is 0 Å². The maximum atomic E-state index is 12.6. The predicted molar refractivity (Wildman–Crippen MR) is 110 cm³/mol. The summed E-state index contributed by atoms with van der Waals surface area (Å²) in [6.07, 6.45) is 1.24. The highest BCUT2D eigenvalue weighted by atomic mass is 16.5. The monoisotopic (exact) mass is 370 g/mol. The predicted octanol–water partition coefficient (Wildman–Crippen LogP) is 4.02. The second-order valence-corrected chi connectivity index (χ2v) is 8.57. The lowest BCUT2D eigenvalue weighted by Crippen LogP contribution is -2.23. The van der Waals surface area contributed by atoms with Gasteiger partial charge in [0.2, 0.25) is 0 Å². The molecule has 0 aliphatic heterocycles. The molecule has 0 spiro atoms. The summed E-state index contributed by atoms with van der Waals surface area (Å²) < 4.78 is 5.73. The van der Waals surface area contributed by atoms with Crippen molar-refractivity contribution < 1.29 is 9.53 Å². The zero-order chi connectivity index (χ0) is 20.8. The van der Waals surface area contributed by atoms with Crippen LogP contribution >= 0.6 is 0 Å². The van der Waals surface area contributed by atoms with Gasteiger partial charge in [-0.15, -0.1) is 0 Å². The van der Waals surface area contributed by atoms with Crippen molar-refractivity contribution in [1.82, 2.24) is 0 Å². The minimum atomic E-state index is -0.379. The van der Waals surface area contributed by atoms with Crippen LogP contribution in [0.15, 0.2) is 35.0 Å². The number of carbonyl (C=O) groups excluding carboxylic acids is 1. The summed E-state index contributed by atoms with van der Waals surface area (Å²) in [6, 6.07) is 7.06. The third kappa shape index (κ3) is 7.53. The van der Waals surface area contributed by atoms with E-state index in [4.69, 9.17) is 10.5 Å². The first kappa shape index (κ1) is 22.2. The molecule has 0 fully saturated rings. The van der Waals surface area contributed by atoms with Crippen LogP contribution in [0, 0.1) is 16.7 Å². The Morgan fingerprint density at radius 2 is 1.93 bits per heavy atom. The second kappa shape index (κ2) is 8.72. The van der Waals surface area contributed by atoms with Gasteiger partial charge in [-0.2, -0.15) is 5.26 Å². The number of nitrogens with zero attached hydrogens (tertiary/aromatic N) is 2. The molecule has 146 valence electrons. The Hall–Kier alpha value is -2.81. The van der Waals surface area contributed by atoms with Gasteiger partial charge in [0, 0.05) is 17.6 Å². The highest BCUT2D eigenvalue weighted by Gasteiger charge is 2.17. The summed E-state index contributed by atoms with van der Waals surface area (Å²) in [7, 11) is 0. The first-order valence-corrected chi connectivity index (χ1v) is 8.83. The maximum absolute atomic E-state index is 12.6. The molecule has 0 unspecified atom stereocenters. The SMILES string of the molecule is CC(=NC(C)(C)C)C(=CN)C(=O)Nc1ccc(OCC(C)(C)C)c(C#N)c1. The minimum Gasteiger partial charge on any atom is -0.492 e. The van der Waals surface area contributed by atoms with Crippen molar-refractivity contribution in [3.63, 3.8) is 0 Å². The molecule has 6 nitrogen and oxygen atoms in total. The number of benzene rings is 1. The molecular weight excluding hydrogens is 340 g/mol. The Balaban J connectivity index is 3.00. The molecule has 0 saturated heterocycles. The van der Waals surface area contributed by atoms with Crippen LogP contribution < -0.4 is 15.8 Å². The van der Waals surface area contributed by atoms with Crippen molar-refractivity contribution >= 4 is 17.3 Å². The Labute approximate surface area is 162 Å². The number of nitrogens with two attached hydrogens (primary N) is 1. The van der Waals surface area contributed by atoms with Crippen molar-refractivity contribution in [1.29, 1.82) is 5.26 Å². The number of rotatable bonds is 5. The summed E-state index contributed by atoms with van der Waals surface area (Å²) in [5.41, 5.74) is 6.97. The molecule has 0 radical (unpaired) electrons. The maximum Gasteiger partial charge on any atom is 0.258 e.